The van der Waals surface area contributed by atoms with Crippen LogP contribution in [0.25, 0.3) is 0 Å². The maximum Gasteiger partial charge on any atom is 0.169 e. The first-order valence-corrected chi connectivity index (χ1v) is 5.74. The molecule has 3 nitrogen and oxygen atoms in total. The molecule has 0 radical (unpaired) electrons. The molecule has 2 aliphatic rings. The van der Waals surface area contributed by atoms with E-state index in [-0.39, 0.29) is 0 Å². The molecule has 1 aliphatic heterocycles. The van der Waals surface area contributed by atoms with Crippen molar-refractivity contribution < 1.29 is 4.74 Å². The smallest absolute Gasteiger partial charge is 0.169 e. The molecule has 0 aromatic heterocycles. The first kappa shape index (κ1) is 10.2. The van der Waals surface area contributed by atoms with E-state index in [9.17, 15) is 0 Å². The van der Waals surface area contributed by atoms with Crippen LogP contribution in [-0.2, 0) is 4.74 Å². The molecular formula is C10H18N2OS. The highest BCUT2D eigenvalue weighted by atomic mass is 32.1. The van der Waals surface area contributed by atoms with Crippen molar-refractivity contribution >= 4 is 17.3 Å². The fourth-order valence-electron chi connectivity index (χ4n) is 1.88. The van der Waals surface area contributed by atoms with Gasteiger partial charge in [-0.1, -0.05) is 0 Å². The van der Waals surface area contributed by atoms with E-state index in [1.54, 1.807) is 0 Å². The highest BCUT2D eigenvalue weighted by Crippen LogP contribution is 2.21. The number of nitrogens with one attached hydrogen (secondary N) is 1. The first-order chi connectivity index (χ1) is 6.68. The van der Waals surface area contributed by atoms with E-state index in [1.807, 2.05) is 0 Å². The molecule has 0 spiro atoms. The highest BCUT2D eigenvalue weighted by Gasteiger charge is 2.31. The van der Waals surface area contributed by atoms with Crippen LogP contribution in [0, 0.1) is 0 Å². The fourth-order valence-corrected chi connectivity index (χ4v) is 2.19. The molecule has 1 N–H and O–H groups in total. The topological polar surface area (TPSA) is 24.5 Å². The fraction of sp³-hybridized carbons (Fsp3) is 0.900. The van der Waals surface area contributed by atoms with Crippen molar-refractivity contribution in [1.29, 1.82) is 0 Å². The Balaban J connectivity index is 1.85. The monoisotopic (exact) mass is 214 g/mol. The Hall–Kier alpha value is -0.350. The molecule has 0 amide bonds. The lowest BCUT2D eigenvalue weighted by atomic mass is 10.1. The van der Waals surface area contributed by atoms with Crippen molar-refractivity contribution in [1.82, 2.24) is 10.2 Å². The quantitative estimate of drug-likeness (QED) is 0.697. The molecule has 0 aromatic rings. The van der Waals surface area contributed by atoms with Gasteiger partial charge in [-0.05, 0) is 38.4 Å². The molecule has 1 saturated carbocycles. The van der Waals surface area contributed by atoms with E-state index in [4.69, 9.17) is 17.0 Å². The largest absolute Gasteiger partial charge is 0.376 e. The van der Waals surface area contributed by atoms with Crippen LogP contribution < -0.4 is 5.32 Å². The Labute approximate surface area is 90.8 Å². The third kappa shape index (κ3) is 2.17. The summed E-state index contributed by atoms with van der Waals surface area (Å²) in [4.78, 5) is 2.16. The van der Waals surface area contributed by atoms with Crippen molar-refractivity contribution in [2.24, 2.45) is 0 Å². The van der Waals surface area contributed by atoms with Crippen LogP contribution in [0.5, 0.6) is 0 Å². The first-order valence-electron chi connectivity index (χ1n) is 5.33. The minimum Gasteiger partial charge on any atom is -0.376 e. The van der Waals surface area contributed by atoms with Crippen molar-refractivity contribution in [2.45, 2.75) is 44.4 Å². The van der Waals surface area contributed by atoms with Gasteiger partial charge in [0.15, 0.2) is 5.11 Å². The molecule has 4 heteroatoms. The van der Waals surface area contributed by atoms with Crippen molar-refractivity contribution in [3.8, 4) is 0 Å². The number of nitrogens with zero attached hydrogens (tertiary/aromatic N) is 1. The zero-order valence-corrected chi connectivity index (χ0v) is 9.64. The molecule has 1 saturated heterocycles. The minimum atomic E-state index is 0.305. The zero-order valence-electron chi connectivity index (χ0n) is 8.82. The summed E-state index contributed by atoms with van der Waals surface area (Å²) in [5, 5.41) is 4.24. The van der Waals surface area contributed by atoms with E-state index in [0.717, 1.165) is 18.1 Å². The van der Waals surface area contributed by atoms with Gasteiger partial charge in [-0.3, -0.25) is 0 Å². The summed E-state index contributed by atoms with van der Waals surface area (Å²) in [5.74, 6) is 0. The van der Waals surface area contributed by atoms with Gasteiger partial charge in [0.1, 0.15) is 0 Å². The molecule has 2 fully saturated rings. The Bertz CT molecular complexity index is 230. The van der Waals surface area contributed by atoms with Gasteiger partial charge in [-0.15, -0.1) is 0 Å². The lowest BCUT2D eigenvalue weighted by Crippen LogP contribution is -2.46. The van der Waals surface area contributed by atoms with Gasteiger partial charge in [-0.2, -0.15) is 0 Å². The molecule has 0 aromatic carbocycles. The second-order valence-electron chi connectivity index (χ2n) is 4.27. The van der Waals surface area contributed by atoms with E-state index >= 15 is 0 Å². The van der Waals surface area contributed by atoms with Crippen molar-refractivity contribution in [3.05, 3.63) is 0 Å². The van der Waals surface area contributed by atoms with Crippen LogP contribution in [0.2, 0.25) is 0 Å². The van der Waals surface area contributed by atoms with Crippen LogP contribution in [0.3, 0.4) is 0 Å². The van der Waals surface area contributed by atoms with Crippen LogP contribution >= 0.6 is 12.2 Å². The van der Waals surface area contributed by atoms with Crippen molar-refractivity contribution in [3.63, 3.8) is 0 Å². The highest BCUT2D eigenvalue weighted by molar-refractivity contribution is 7.80. The number of likely N-dealkylation sites (N-methyl/N-ethyl adjacent to an activating group) is 1. The van der Waals surface area contributed by atoms with Gasteiger partial charge >= 0.3 is 0 Å². The van der Waals surface area contributed by atoms with Crippen LogP contribution in [0.4, 0.5) is 0 Å². The average molecular weight is 214 g/mol. The van der Waals surface area contributed by atoms with Crippen molar-refractivity contribution in [2.75, 3.05) is 13.7 Å². The molecule has 0 bridgehead atoms. The number of hydrogen-bond acceptors (Lipinski definition) is 2. The van der Waals surface area contributed by atoms with Gasteiger partial charge in [0, 0.05) is 19.7 Å². The summed E-state index contributed by atoms with van der Waals surface area (Å²) < 4.78 is 5.53. The maximum atomic E-state index is 5.53. The second kappa shape index (κ2) is 4.03. The maximum absolute atomic E-state index is 5.53. The predicted molar refractivity (Wildman–Crippen MR) is 60.3 cm³/mol. The number of thiocarbonyl (C=S) groups is 1. The number of ether oxygens (including phenoxy) is 1. The molecule has 2 atom stereocenters. The lowest BCUT2D eigenvalue weighted by molar-refractivity contribution is 0.0997. The summed E-state index contributed by atoms with van der Waals surface area (Å²) in [5.41, 5.74) is 0. The molecule has 14 heavy (non-hydrogen) atoms. The van der Waals surface area contributed by atoms with Gasteiger partial charge in [0.05, 0.1) is 12.1 Å². The average Bonchev–Trinajstić information content (AvgIpc) is 2.86. The summed E-state index contributed by atoms with van der Waals surface area (Å²) in [6, 6.07) is 1.09. The zero-order chi connectivity index (χ0) is 10.1. The Kier molecular flexibility index (Phi) is 2.93. The third-order valence-corrected chi connectivity index (χ3v) is 3.46. The summed E-state index contributed by atoms with van der Waals surface area (Å²) >= 11 is 5.34. The lowest BCUT2D eigenvalue weighted by Gasteiger charge is -2.29. The molecule has 2 unspecified atom stereocenters. The van der Waals surface area contributed by atoms with Crippen LogP contribution in [0.1, 0.15) is 26.2 Å². The Morgan fingerprint density at radius 2 is 2.14 bits per heavy atom. The van der Waals surface area contributed by atoms with Gasteiger partial charge in [0.25, 0.3) is 0 Å². The van der Waals surface area contributed by atoms with E-state index in [2.05, 4.69) is 24.2 Å². The summed E-state index contributed by atoms with van der Waals surface area (Å²) in [7, 11) is 2.06. The minimum absolute atomic E-state index is 0.305. The molecule has 80 valence electrons. The standard InChI is InChI=1S/C10H18N2OS/c1-7-9(5-6-13-7)12(2)10(14)11-8-3-4-8/h7-9H,3-6H2,1-2H3,(H,11,14). The van der Waals surface area contributed by atoms with Crippen LogP contribution in [0.15, 0.2) is 0 Å². The molecule has 2 rings (SSSR count). The third-order valence-electron chi connectivity index (χ3n) is 3.06. The summed E-state index contributed by atoms with van der Waals surface area (Å²) in [6.45, 7) is 2.98. The van der Waals surface area contributed by atoms with Crippen LogP contribution in [-0.4, -0.2) is 41.9 Å². The number of hydrogen-bond donors (Lipinski definition) is 1. The second-order valence-corrected chi connectivity index (χ2v) is 4.65. The SMILES string of the molecule is CC1OCCC1N(C)C(=S)NC1CC1. The molecule has 1 heterocycles. The Morgan fingerprint density at radius 1 is 1.43 bits per heavy atom. The number of rotatable bonds is 2. The van der Waals surface area contributed by atoms with Gasteiger partial charge in [0.2, 0.25) is 0 Å². The van der Waals surface area contributed by atoms with Gasteiger partial charge < -0.3 is 15.0 Å². The van der Waals surface area contributed by atoms with E-state index < -0.39 is 0 Å². The molecule has 1 aliphatic carbocycles. The normalized spacial score (nSPS) is 31.6. The predicted octanol–water partition coefficient (Wildman–Crippen LogP) is 1.13. The summed E-state index contributed by atoms with van der Waals surface area (Å²) in [6.07, 6.45) is 3.93. The van der Waals surface area contributed by atoms with E-state index in [1.165, 1.54) is 12.8 Å². The molecular weight excluding hydrogens is 196 g/mol. The van der Waals surface area contributed by atoms with E-state index in [0.29, 0.717) is 18.2 Å². The Morgan fingerprint density at radius 3 is 2.64 bits per heavy atom. The van der Waals surface area contributed by atoms with Gasteiger partial charge in [-0.25, -0.2) is 0 Å².